The third-order valence-corrected chi connectivity index (χ3v) is 2.28. The highest BCUT2D eigenvalue weighted by atomic mass is 14.7. The first-order valence-electron chi connectivity index (χ1n) is 6.84. The van der Waals surface area contributed by atoms with E-state index in [9.17, 15) is 0 Å². The Balaban J connectivity index is 2.35. The van der Waals surface area contributed by atoms with E-state index >= 15 is 0 Å². The van der Waals surface area contributed by atoms with Crippen molar-refractivity contribution in [3.05, 3.63) is 54.2 Å². The Kier molecular flexibility index (Phi) is 1.72. The molecule has 1 heterocycles. The van der Waals surface area contributed by atoms with E-state index in [1.807, 2.05) is 18.2 Å². The molecule has 1 atom stereocenters. The topological polar surface area (TPSA) is 12.9 Å². The summed E-state index contributed by atoms with van der Waals surface area (Å²) >= 11 is 0. The van der Waals surface area contributed by atoms with Gasteiger partial charge in [0.25, 0.3) is 0 Å². The van der Waals surface area contributed by atoms with Crippen LogP contribution >= 0.6 is 0 Å². The minimum atomic E-state index is -2.35. The molecule has 1 aromatic carbocycles. The van der Waals surface area contributed by atoms with E-state index in [1.54, 1.807) is 30.5 Å². The van der Waals surface area contributed by atoms with Gasteiger partial charge < -0.3 is 0 Å². The van der Waals surface area contributed by atoms with Crippen LogP contribution in [0.5, 0.6) is 0 Å². The summed E-state index contributed by atoms with van der Waals surface area (Å²) in [5, 5.41) is 0. The summed E-state index contributed by atoms with van der Waals surface area (Å²) in [7, 11) is 0. The molecule has 1 unspecified atom stereocenters. The van der Waals surface area contributed by atoms with Gasteiger partial charge in [-0.25, -0.2) is 0 Å². The van der Waals surface area contributed by atoms with E-state index in [2.05, 4.69) is 4.98 Å². The van der Waals surface area contributed by atoms with E-state index in [0.717, 1.165) is 11.3 Å². The molecule has 0 saturated carbocycles. The zero-order chi connectivity index (χ0) is 14.1. The molecule has 0 aliphatic carbocycles. The summed E-state index contributed by atoms with van der Waals surface area (Å²) in [5.74, 6) is -1.60. The van der Waals surface area contributed by atoms with Gasteiger partial charge in [-0.15, -0.1) is 0 Å². The normalized spacial score (nSPS) is 19.3. The van der Waals surface area contributed by atoms with Gasteiger partial charge in [0.15, 0.2) is 0 Å². The average molecular weight is 201 g/mol. The Morgan fingerprint density at radius 2 is 2.00 bits per heavy atom. The fourth-order valence-corrected chi connectivity index (χ4v) is 1.42. The number of hydrogen-bond donors (Lipinski definition) is 0. The van der Waals surface area contributed by atoms with Crippen molar-refractivity contribution >= 4 is 0 Å². The maximum atomic E-state index is 8.02. The lowest BCUT2D eigenvalue weighted by molar-refractivity contribution is 0.867. The molecule has 1 heteroatoms. The van der Waals surface area contributed by atoms with Crippen LogP contribution in [0.2, 0.25) is 0 Å². The van der Waals surface area contributed by atoms with Gasteiger partial charge in [0, 0.05) is 17.2 Å². The maximum absolute atomic E-state index is 8.02. The van der Waals surface area contributed by atoms with Gasteiger partial charge in [0.05, 0.1) is 5.69 Å². The average Bonchev–Trinajstić information content (AvgIpc) is 2.39. The van der Waals surface area contributed by atoms with Crippen molar-refractivity contribution in [1.29, 1.82) is 0 Å². The van der Waals surface area contributed by atoms with Crippen LogP contribution < -0.4 is 0 Å². The molecule has 76 valence electrons. The fourth-order valence-electron chi connectivity index (χ4n) is 1.42. The van der Waals surface area contributed by atoms with Gasteiger partial charge >= 0.3 is 0 Å². The number of nitrogens with zero attached hydrogens (tertiary/aromatic N) is 1. The van der Waals surface area contributed by atoms with Crippen molar-refractivity contribution in [3.8, 4) is 11.3 Å². The minimum Gasteiger partial charge on any atom is -0.256 e. The molecule has 2 aromatic rings. The number of pyridine rings is 1. The Labute approximate surface area is 96.4 Å². The number of hydrogen-bond acceptors (Lipinski definition) is 1. The third kappa shape index (κ3) is 2.24. The highest BCUT2D eigenvalue weighted by Gasteiger charge is 2.00. The quantitative estimate of drug-likeness (QED) is 0.718. The number of benzene rings is 1. The van der Waals surface area contributed by atoms with Crippen LogP contribution in [0.3, 0.4) is 0 Å². The molecule has 0 aliphatic rings. The molecule has 1 aromatic heterocycles. The monoisotopic (exact) mass is 201 g/mol. The SMILES string of the molecule is [2H]C([2H])([2H])C([2H])(C)c1ccc(-c2ccccn2)cc1. The number of aromatic nitrogens is 1. The summed E-state index contributed by atoms with van der Waals surface area (Å²) in [6, 6.07) is 12.6. The molecule has 2 rings (SSSR count). The zero-order valence-electron chi connectivity index (χ0n) is 12.6. The highest BCUT2D eigenvalue weighted by Crippen LogP contribution is 2.20. The second-order valence-corrected chi connectivity index (χ2v) is 3.42. The molecule has 1 nitrogen and oxygen atoms in total. The fraction of sp³-hybridized carbons (Fsp3) is 0.214. The molecule has 15 heavy (non-hydrogen) atoms. The Morgan fingerprint density at radius 3 is 2.60 bits per heavy atom. The summed E-state index contributed by atoms with van der Waals surface area (Å²) in [4.78, 5) is 4.23. The van der Waals surface area contributed by atoms with Crippen LogP contribution in [0.4, 0.5) is 0 Å². The van der Waals surface area contributed by atoms with E-state index < -0.39 is 12.7 Å². The largest absolute Gasteiger partial charge is 0.256 e. The summed E-state index contributed by atoms with van der Waals surface area (Å²) < 4.78 is 30.3. The van der Waals surface area contributed by atoms with Crippen LogP contribution in [-0.4, -0.2) is 4.98 Å². The first kappa shape index (κ1) is 6.06. The Morgan fingerprint density at radius 1 is 1.20 bits per heavy atom. The van der Waals surface area contributed by atoms with Crippen molar-refractivity contribution in [3.63, 3.8) is 0 Å². The highest BCUT2D eigenvalue weighted by molar-refractivity contribution is 5.59. The van der Waals surface area contributed by atoms with Crippen LogP contribution in [-0.2, 0) is 0 Å². The molecule has 0 saturated heterocycles. The Hall–Kier alpha value is -1.63. The standard InChI is InChI=1S/C14H15N/c1-11(2)12-6-8-13(9-7-12)14-5-3-4-10-15-14/h3-11H,1-2H3/i1D3,11D. The zero-order valence-corrected chi connectivity index (χ0v) is 8.57. The first-order chi connectivity index (χ1) is 8.82. The van der Waals surface area contributed by atoms with Crippen molar-refractivity contribution in [2.75, 3.05) is 0 Å². The molecule has 0 bridgehead atoms. The molecule has 0 radical (unpaired) electrons. The van der Waals surface area contributed by atoms with Gasteiger partial charge in [-0.1, -0.05) is 44.1 Å². The lowest BCUT2D eigenvalue weighted by Gasteiger charge is -2.06. The maximum Gasteiger partial charge on any atom is 0.0701 e. The van der Waals surface area contributed by atoms with Gasteiger partial charge in [-0.3, -0.25) is 4.98 Å². The van der Waals surface area contributed by atoms with Crippen LogP contribution in [0.25, 0.3) is 11.3 Å². The van der Waals surface area contributed by atoms with E-state index in [0.29, 0.717) is 5.56 Å². The Bertz CT molecular complexity index is 544. The lowest BCUT2D eigenvalue weighted by atomic mass is 10.0. The van der Waals surface area contributed by atoms with Crippen LogP contribution in [0.15, 0.2) is 48.7 Å². The van der Waals surface area contributed by atoms with Crippen molar-refractivity contribution in [2.45, 2.75) is 19.7 Å². The second-order valence-electron chi connectivity index (χ2n) is 3.42. The van der Waals surface area contributed by atoms with Gasteiger partial charge in [-0.05, 0) is 23.6 Å². The van der Waals surface area contributed by atoms with Crippen molar-refractivity contribution in [2.24, 2.45) is 0 Å². The van der Waals surface area contributed by atoms with Crippen LogP contribution in [0, 0.1) is 0 Å². The molecule has 0 amide bonds. The smallest absolute Gasteiger partial charge is 0.0701 e. The number of rotatable bonds is 2. The third-order valence-electron chi connectivity index (χ3n) is 2.28. The summed E-state index contributed by atoms with van der Waals surface area (Å²) in [6.07, 6.45) is 1.71. The predicted octanol–water partition coefficient (Wildman–Crippen LogP) is 3.87. The van der Waals surface area contributed by atoms with Gasteiger partial charge in [0.2, 0.25) is 0 Å². The molecule has 0 fully saturated rings. The molecule has 0 spiro atoms. The van der Waals surface area contributed by atoms with Crippen molar-refractivity contribution in [1.82, 2.24) is 4.98 Å². The second kappa shape index (κ2) is 4.26. The summed E-state index contributed by atoms with van der Waals surface area (Å²) in [6.45, 7) is -0.935. The van der Waals surface area contributed by atoms with E-state index in [-0.39, 0.29) is 0 Å². The van der Waals surface area contributed by atoms with Crippen molar-refractivity contribution < 1.29 is 5.48 Å². The minimum absolute atomic E-state index is 0.479. The predicted molar refractivity (Wildman–Crippen MR) is 63.8 cm³/mol. The van der Waals surface area contributed by atoms with E-state index in [1.165, 1.54) is 6.92 Å². The van der Waals surface area contributed by atoms with Crippen LogP contribution in [0.1, 0.15) is 30.7 Å². The van der Waals surface area contributed by atoms with Gasteiger partial charge in [-0.2, -0.15) is 0 Å². The molecule has 0 N–H and O–H groups in total. The van der Waals surface area contributed by atoms with E-state index in [4.69, 9.17) is 5.48 Å². The molecular weight excluding hydrogens is 182 g/mol. The first-order valence-corrected chi connectivity index (χ1v) is 4.84. The van der Waals surface area contributed by atoms with Gasteiger partial charge in [0.1, 0.15) is 0 Å². The molecule has 0 aliphatic heterocycles. The summed E-state index contributed by atoms with van der Waals surface area (Å²) in [5.41, 5.74) is 2.22. The lowest BCUT2D eigenvalue weighted by Crippen LogP contribution is -1.87. The molecular formula is C14H15N.